The van der Waals surface area contributed by atoms with Gasteiger partial charge in [0.05, 0.1) is 10.4 Å². The summed E-state index contributed by atoms with van der Waals surface area (Å²) in [6, 6.07) is 11.0. The lowest BCUT2D eigenvalue weighted by Crippen LogP contribution is -1.95. The van der Waals surface area contributed by atoms with E-state index in [4.69, 9.17) is 5.73 Å². The summed E-state index contributed by atoms with van der Waals surface area (Å²) < 4.78 is 0.841. The van der Waals surface area contributed by atoms with Crippen LogP contribution in [0.5, 0.6) is 0 Å². The van der Waals surface area contributed by atoms with E-state index < -0.39 is 4.92 Å². The van der Waals surface area contributed by atoms with Crippen LogP contribution in [0.1, 0.15) is 0 Å². The number of nitrogens with zero attached hydrogens (tertiary/aromatic N) is 3. The first kappa shape index (κ1) is 12.0. The second-order valence-corrected chi connectivity index (χ2v) is 4.30. The van der Waals surface area contributed by atoms with Gasteiger partial charge in [-0.15, -0.1) is 0 Å². The number of rotatable bonds is 2. The number of fused-ring (bicyclic) bond motifs is 1. The minimum absolute atomic E-state index is 0.100. The molecule has 20 heavy (non-hydrogen) atoms. The third-order valence-corrected chi connectivity index (χ3v) is 2.99. The number of nitrogen functional groups attached to an aromatic ring is 1. The molecule has 0 unspecified atom stereocenters. The standard InChI is InChI=1S/C13H10N4O3/c14-9-3-1-8(2-4-9)13-15-11-6-5-10(17(19)20)7-12(11)16(13)18/h1-7,18H,14H2. The summed E-state index contributed by atoms with van der Waals surface area (Å²) >= 11 is 0. The SMILES string of the molecule is Nc1ccc(-c2nc3ccc([N+](=O)[O-])cc3n2O)cc1. The highest BCUT2D eigenvalue weighted by molar-refractivity contribution is 5.82. The van der Waals surface area contributed by atoms with Gasteiger partial charge in [0, 0.05) is 23.4 Å². The van der Waals surface area contributed by atoms with Gasteiger partial charge >= 0.3 is 0 Å². The largest absolute Gasteiger partial charge is 0.426 e. The van der Waals surface area contributed by atoms with E-state index in [0.717, 1.165) is 4.73 Å². The van der Waals surface area contributed by atoms with Crippen molar-refractivity contribution in [2.45, 2.75) is 0 Å². The molecule has 0 aliphatic rings. The molecule has 1 aromatic heterocycles. The first-order valence-corrected chi connectivity index (χ1v) is 5.78. The monoisotopic (exact) mass is 270 g/mol. The van der Waals surface area contributed by atoms with Crippen LogP contribution in [0.2, 0.25) is 0 Å². The Hall–Kier alpha value is -3.09. The summed E-state index contributed by atoms with van der Waals surface area (Å²) in [6.45, 7) is 0. The molecule has 0 fully saturated rings. The number of nitro groups is 1. The van der Waals surface area contributed by atoms with Crippen molar-refractivity contribution in [3.8, 4) is 11.4 Å². The maximum atomic E-state index is 10.8. The maximum Gasteiger partial charge on any atom is 0.271 e. The van der Waals surface area contributed by atoms with Crippen molar-refractivity contribution in [2.24, 2.45) is 0 Å². The zero-order valence-corrected chi connectivity index (χ0v) is 10.2. The van der Waals surface area contributed by atoms with Gasteiger partial charge in [0.15, 0.2) is 5.82 Å². The summed E-state index contributed by atoms with van der Waals surface area (Å²) in [5.41, 5.74) is 7.54. The van der Waals surface area contributed by atoms with Gasteiger partial charge in [0.1, 0.15) is 5.52 Å². The predicted octanol–water partition coefficient (Wildman–Crippen LogP) is 2.43. The number of anilines is 1. The molecular formula is C13H10N4O3. The minimum Gasteiger partial charge on any atom is -0.426 e. The molecule has 0 bridgehead atoms. The molecule has 0 saturated heterocycles. The van der Waals surface area contributed by atoms with Crippen LogP contribution in [-0.2, 0) is 0 Å². The number of non-ortho nitro benzene ring substituents is 1. The van der Waals surface area contributed by atoms with Crippen molar-refractivity contribution >= 4 is 22.4 Å². The molecule has 7 nitrogen and oxygen atoms in total. The fourth-order valence-electron chi connectivity index (χ4n) is 1.98. The second kappa shape index (κ2) is 4.23. The number of hydrogen-bond acceptors (Lipinski definition) is 5. The van der Waals surface area contributed by atoms with E-state index in [-0.39, 0.29) is 11.2 Å². The van der Waals surface area contributed by atoms with Gasteiger partial charge in [-0.1, -0.05) is 0 Å². The van der Waals surface area contributed by atoms with Gasteiger partial charge in [-0.2, -0.15) is 4.73 Å². The second-order valence-electron chi connectivity index (χ2n) is 4.30. The van der Waals surface area contributed by atoms with E-state index in [1.54, 1.807) is 24.3 Å². The molecule has 3 N–H and O–H groups in total. The number of hydrogen-bond donors (Lipinski definition) is 2. The molecule has 1 heterocycles. The quantitative estimate of drug-likeness (QED) is 0.322. The van der Waals surface area contributed by atoms with Crippen molar-refractivity contribution in [1.29, 1.82) is 0 Å². The fourth-order valence-corrected chi connectivity index (χ4v) is 1.98. The van der Waals surface area contributed by atoms with Gasteiger partial charge < -0.3 is 10.9 Å². The van der Waals surface area contributed by atoms with Crippen molar-refractivity contribution in [1.82, 2.24) is 9.71 Å². The molecular weight excluding hydrogens is 260 g/mol. The Balaban J connectivity index is 2.20. The summed E-state index contributed by atoms with van der Waals surface area (Å²) in [7, 11) is 0. The smallest absolute Gasteiger partial charge is 0.271 e. The van der Waals surface area contributed by atoms with Crippen molar-refractivity contribution in [3.05, 3.63) is 52.6 Å². The Morgan fingerprint density at radius 3 is 2.55 bits per heavy atom. The normalized spacial score (nSPS) is 10.8. The molecule has 3 aromatic rings. The van der Waals surface area contributed by atoms with Gasteiger partial charge in [-0.25, -0.2) is 4.98 Å². The highest BCUT2D eigenvalue weighted by Crippen LogP contribution is 2.26. The van der Waals surface area contributed by atoms with Crippen molar-refractivity contribution in [3.63, 3.8) is 0 Å². The van der Waals surface area contributed by atoms with Gasteiger partial charge in [-0.05, 0) is 30.3 Å². The lowest BCUT2D eigenvalue weighted by Gasteiger charge is -2.01. The number of benzene rings is 2. The van der Waals surface area contributed by atoms with E-state index in [2.05, 4.69) is 4.98 Å². The van der Waals surface area contributed by atoms with Crippen molar-refractivity contribution < 1.29 is 10.1 Å². The van der Waals surface area contributed by atoms with Crippen LogP contribution in [0.15, 0.2) is 42.5 Å². The zero-order valence-electron chi connectivity index (χ0n) is 10.2. The summed E-state index contributed by atoms with van der Waals surface area (Å²) in [4.78, 5) is 14.5. The molecule has 0 aliphatic heterocycles. The first-order valence-electron chi connectivity index (χ1n) is 5.78. The van der Waals surface area contributed by atoms with Crippen molar-refractivity contribution in [2.75, 3.05) is 5.73 Å². The van der Waals surface area contributed by atoms with Crippen LogP contribution in [0.4, 0.5) is 11.4 Å². The minimum atomic E-state index is -0.519. The molecule has 0 spiro atoms. The Morgan fingerprint density at radius 1 is 1.20 bits per heavy atom. The summed E-state index contributed by atoms with van der Waals surface area (Å²) in [5, 5.41) is 20.9. The van der Waals surface area contributed by atoms with E-state index in [9.17, 15) is 15.3 Å². The highest BCUT2D eigenvalue weighted by atomic mass is 16.6. The van der Waals surface area contributed by atoms with E-state index in [1.165, 1.54) is 18.2 Å². The van der Waals surface area contributed by atoms with Crippen LogP contribution < -0.4 is 5.73 Å². The molecule has 0 saturated carbocycles. The van der Waals surface area contributed by atoms with Crippen LogP contribution in [0, 0.1) is 10.1 Å². The van der Waals surface area contributed by atoms with E-state index >= 15 is 0 Å². The topological polar surface area (TPSA) is 107 Å². The number of nitrogens with two attached hydrogens (primary N) is 1. The molecule has 2 aromatic carbocycles. The Labute approximate surface area is 113 Å². The lowest BCUT2D eigenvalue weighted by molar-refractivity contribution is -0.384. The first-order chi connectivity index (χ1) is 9.56. The number of aromatic nitrogens is 2. The number of imidazole rings is 1. The summed E-state index contributed by atoms with van der Waals surface area (Å²) in [6.07, 6.45) is 0. The zero-order chi connectivity index (χ0) is 14.3. The van der Waals surface area contributed by atoms with Crippen LogP contribution in [0.25, 0.3) is 22.4 Å². The molecule has 7 heteroatoms. The number of nitro benzene ring substituents is 1. The molecule has 0 radical (unpaired) electrons. The predicted molar refractivity (Wildman–Crippen MR) is 73.4 cm³/mol. The Kier molecular flexibility index (Phi) is 2.53. The van der Waals surface area contributed by atoms with Crippen LogP contribution in [-0.4, -0.2) is 19.8 Å². The third-order valence-electron chi connectivity index (χ3n) is 2.99. The molecule has 100 valence electrons. The third kappa shape index (κ3) is 1.81. The average molecular weight is 270 g/mol. The fraction of sp³-hybridized carbons (Fsp3) is 0. The van der Waals surface area contributed by atoms with E-state index in [1.807, 2.05) is 0 Å². The summed E-state index contributed by atoms with van der Waals surface area (Å²) in [5.74, 6) is 0.306. The van der Waals surface area contributed by atoms with Crippen LogP contribution >= 0.6 is 0 Å². The average Bonchev–Trinajstić information content (AvgIpc) is 2.76. The molecule has 0 atom stereocenters. The van der Waals surface area contributed by atoms with Gasteiger partial charge in [0.2, 0.25) is 0 Å². The van der Waals surface area contributed by atoms with E-state index in [0.29, 0.717) is 22.6 Å². The molecule has 0 amide bonds. The van der Waals surface area contributed by atoms with Gasteiger partial charge in [0.25, 0.3) is 5.69 Å². The maximum absolute atomic E-state index is 10.8. The molecule has 3 rings (SSSR count). The lowest BCUT2D eigenvalue weighted by atomic mass is 10.2. The van der Waals surface area contributed by atoms with Gasteiger partial charge in [-0.3, -0.25) is 10.1 Å². The highest BCUT2D eigenvalue weighted by Gasteiger charge is 2.15. The Morgan fingerprint density at radius 2 is 1.90 bits per heavy atom. The molecule has 0 aliphatic carbocycles. The Bertz CT molecular complexity index is 808. The van der Waals surface area contributed by atoms with Crippen LogP contribution in [0.3, 0.4) is 0 Å².